The SMILES string of the molecule is CC(=O)Nc1ccc(C(=O)NCC2CCCO2)nc1. The van der Waals surface area contributed by atoms with Gasteiger partial charge < -0.3 is 15.4 Å². The van der Waals surface area contributed by atoms with Crippen LogP contribution in [0.15, 0.2) is 18.3 Å². The van der Waals surface area contributed by atoms with Crippen molar-refractivity contribution in [1.82, 2.24) is 10.3 Å². The fraction of sp³-hybridized carbons (Fsp3) is 0.462. The van der Waals surface area contributed by atoms with Gasteiger partial charge in [0.05, 0.1) is 18.0 Å². The van der Waals surface area contributed by atoms with Gasteiger partial charge in [0.15, 0.2) is 0 Å². The third-order valence-corrected chi connectivity index (χ3v) is 2.83. The zero-order chi connectivity index (χ0) is 13.7. The van der Waals surface area contributed by atoms with Crippen LogP contribution in [0.4, 0.5) is 5.69 Å². The molecule has 0 aromatic carbocycles. The Morgan fingerprint density at radius 3 is 2.89 bits per heavy atom. The molecule has 2 rings (SSSR count). The van der Waals surface area contributed by atoms with Crippen LogP contribution in [0.3, 0.4) is 0 Å². The monoisotopic (exact) mass is 263 g/mol. The topological polar surface area (TPSA) is 80.3 Å². The first-order valence-corrected chi connectivity index (χ1v) is 6.28. The molecule has 1 fully saturated rings. The van der Waals surface area contributed by atoms with Gasteiger partial charge in [-0.25, -0.2) is 4.98 Å². The first-order valence-electron chi connectivity index (χ1n) is 6.28. The predicted molar refractivity (Wildman–Crippen MR) is 69.8 cm³/mol. The van der Waals surface area contributed by atoms with Crippen molar-refractivity contribution in [3.63, 3.8) is 0 Å². The van der Waals surface area contributed by atoms with Gasteiger partial charge in [0, 0.05) is 20.1 Å². The van der Waals surface area contributed by atoms with E-state index in [-0.39, 0.29) is 17.9 Å². The van der Waals surface area contributed by atoms with Crippen molar-refractivity contribution in [2.45, 2.75) is 25.9 Å². The van der Waals surface area contributed by atoms with E-state index in [0.29, 0.717) is 17.9 Å². The van der Waals surface area contributed by atoms with Crippen molar-refractivity contribution in [3.05, 3.63) is 24.0 Å². The maximum atomic E-state index is 11.8. The smallest absolute Gasteiger partial charge is 0.269 e. The van der Waals surface area contributed by atoms with Crippen LogP contribution in [0.1, 0.15) is 30.3 Å². The zero-order valence-corrected chi connectivity index (χ0v) is 10.8. The van der Waals surface area contributed by atoms with Gasteiger partial charge in [0.2, 0.25) is 5.91 Å². The Kier molecular flexibility index (Phi) is 4.46. The summed E-state index contributed by atoms with van der Waals surface area (Å²) in [6.07, 6.45) is 3.60. The molecule has 0 aliphatic carbocycles. The quantitative estimate of drug-likeness (QED) is 0.847. The Morgan fingerprint density at radius 2 is 2.32 bits per heavy atom. The first-order chi connectivity index (χ1) is 9.15. The van der Waals surface area contributed by atoms with Crippen LogP contribution in [-0.4, -0.2) is 36.1 Å². The number of hydrogen-bond acceptors (Lipinski definition) is 4. The third kappa shape index (κ3) is 4.03. The number of carbonyl (C=O) groups excluding carboxylic acids is 2. The number of rotatable bonds is 4. The molecular weight excluding hydrogens is 246 g/mol. The molecule has 2 amide bonds. The molecular formula is C13H17N3O3. The van der Waals surface area contributed by atoms with Crippen LogP contribution in [0.25, 0.3) is 0 Å². The summed E-state index contributed by atoms with van der Waals surface area (Å²) in [6, 6.07) is 3.23. The molecule has 1 atom stereocenters. The molecule has 1 saturated heterocycles. The lowest BCUT2D eigenvalue weighted by molar-refractivity contribution is -0.114. The molecule has 1 unspecified atom stereocenters. The van der Waals surface area contributed by atoms with Gasteiger partial charge in [-0.2, -0.15) is 0 Å². The van der Waals surface area contributed by atoms with E-state index in [2.05, 4.69) is 15.6 Å². The van der Waals surface area contributed by atoms with Crippen molar-refractivity contribution in [2.75, 3.05) is 18.5 Å². The van der Waals surface area contributed by atoms with E-state index in [1.807, 2.05) is 0 Å². The molecule has 0 radical (unpaired) electrons. The third-order valence-electron chi connectivity index (χ3n) is 2.83. The summed E-state index contributed by atoms with van der Waals surface area (Å²) in [7, 11) is 0. The van der Waals surface area contributed by atoms with Crippen LogP contribution in [0.2, 0.25) is 0 Å². The first kappa shape index (κ1) is 13.5. The second-order valence-corrected chi connectivity index (χ2v) is 4.46. The van der Waals surface area contributed by atoms with Crippen molar-refractivity contribution in [3.8, 4) is 0 Å². The molecule has 1 aromatic rings. The van der Waals surface area contributed by atoms with Crippen LogP contribution >= 0.6 is 0 Å². The second-order valence-electron chi connectivity index (χ2n) is 4.46. The minimum Gasteiger partial charge on any atom is -0.376 e. The number of anilines is 1. The van der Waals surface area contributed by atoms with Gasteiger partial charge in [-0.3, -0.25) is 9.59 Å². The molecule has 0 saturated carbocycles. The van der Waals surface area contributed by atoms with E-state index in [9.17, 15) is 9.59 Å². The Morgan fingerprint density at radius 1 is 1.47 bits per heavy atom. The van der Waals surface area contributed by atoms with E-state index in [1.165, 1.54) is 13.1 Å². The molecule has 0 spiro atoms. The van der Waals surface area contributed by atoms with Gasteiger partial charge in [-0.05, 0) is 25.0 Å². The van der Waals surface area contributed by atoms with Crippen LogP contribution < -0.4 is 10.6 Å². The molecule has 2 N–H and O–H groups in total. The standard InChI is InChI=1S/C13H17N3O3/c1-9(17)16-10-4-5-12(14-7-10)13(18)15-8-11-3-2-6-19-11/h4-5,7,11H,2-3,6,8H2,1H3,(H,15,18)(H,16,17). The number of amides is 2. The van der Waals surface area contributed by atoms with Gasteiger partial charge in [-0.1, -0.05) is 0 Å². The lowest BCUT2D eigenvalue weighted by Crippen LogP contribution is -2.32. The van der Waals surface area contributed by atoms with Gasteiger partial charge >= 0.3 is 0 Å². The summed E-state index contributed by atoms with van der Waals surface area (Å²) in [6.45, 7) is 2.69. The number of hydrogen-bond donors (Lipinski definition) is 2. The van der Waals surface area contributed by atoms with Gasteiger partial charge in [-0.15, -0.1) is 0 Å². The lowest BCUT2D eigenvalue weighted by atomic mass is 10.2. The minimum atomic E-state index is -0.232. The molecule has 6 heteroatoms. The fourth-order valence-electron chi connectivity index (χ4n) is 1.91. The molecule has 102 valence electrons. The molecule has 1 aliphatic rings. The van der Waals surface area contributed by atoms with Crippen molar-refractivity contribution in [1.29, 1.82) is 0 Å². The normalized spacial score (nSPS) is 18.1. The number of ether oxygens (including phenoxy) is 1. The average Bonchev–Trinajstić information content (AvgIpc) is 2.89. The van der Waals surface area contributed by atoms with Crippen molar-refractivity contribution in [2.24, 2.45) is 0 Å². The maximum Gasteiger partial charge on any atom is 0.269 e. The molecule has 1 aliphatic heterocycles. The molecule has 0 bridgehead atoms. The van der Waals surface area contributed by atoms with E-state index in [1.54, 1.807) is 12.1 Å². The average molecular weight is 263 g/mol. The Balaban J connectivity index is 1.86. The Bertz CT molecular complexity index is 453. The maximum absolute atomic E-state index is 11.8. The number of nitrogens with zero attached hydrogens (tertiary/aromatic N) is 1. The van der Waals surface area contributed by atoms with E-state index in [0.717, 1.165) is 19.4 Å². The van der Waals surface area contributed by atoms with E-state index >= 15 is 0 Å². The molecule has 19 heavy (non-hydrogen) atoms. The highest BCUT2D eigenvalue weighted by atomic mass is 16.5. The van der Waals surface area contributed by atoms with Gasteiger partial charge in [0.25, 0.3) is 5.91 Å². The summed E-state index contributed by atoms with van der Waals surface area (Å²) in [5.41, 5.74) is 0.898. The number of aromatic nitrogens is 1. The zero-order valence-electron chi connectivity index (χ0n) is 10.8. The van der Waals surface area contributed by atoms with Crippen LogP contribution in [-0.2, 0) is 9.53 Å². The fourth-order valence-corrected chi connectivity index (χ4v) is 1.91. The van der Waals surface area contributed by atoms with Gasteiger partial charge in [0.1, 0.15) is 5.69 Å². The Labute approximate surface area is 111 Å². The summed E-state index contributed by atoms with van der Waals surface area (Å²) < 4.78 is 5.42. The highest BCUT2D eigenvalue weighted by Gasteiger charge is 2.17. The number of pyridine rings is 1. The second kappa shape index (κ2) is 6.29. The van der Waals surface area contributed by atoms with E-state index < -0.39 is 0 Å². The minimum absolute atomic E-state index is 0.114. The van der Waals surface area contributed by atoms with E-state index in [4.69, 9.17) is 4.74 Å². The van der Waals surface area contributed by atoms with Crippen molar-refractivity contribution >= 4 is 17.5 Å². The summed E-state index contributed by atoms with van der Waals surface area (Å²) >= 11 is 0. The predicted octanol–water partition coefficient (Wildman–Crippen LogP) is 0.949. The highest BCUT2D eigenvalue weighted by Crippen LogP contribution is 2.11. The number of nitrogens with one attached hydrogen (secondary N) is 2. The molecule has 2 heterocycles. The lowest BCUT2D eigenvalue weighted by Gasteiger charge is -2.10. The summed E-state index contributed by atoms with van der Waals surface area (Å²) in [4.78, 5) is 26.7. The number of carbonyl (C=O) groups is 2. The summed E-state index contributed by atoms with van der Waals surface area (Å²) in [5, 5.41) is 5.38. The van der Waals surface area contributed by atoms with Crippen molar-refractivity contribution < 1.29 is 14.3 Å². The van der Waals surface area contributed by atoms with Crippen LogP contribution in [0.5, 0.6) is 0 Å². The highest BCUT2D eigenvalue weighted by molar-refractivity contribution is 5.93. The summed E-state index contributed by atoms with van der Waals surface area (Å²) in [5.74, 6) is -0.401. The molecule has 1 aromatic heterocycles. The Hall–Kier alpha value is -1.95. The molecule has 6 nitrogen and oxygen atoms in total. The largest absolute Gasteiger partial charge is 0.376 e. The van der Waals surface area contributed by atoms with Crippen LogP contribution in [0, 0.1) is 0 Å².